The van der Waals surface area contributed by atoms with Crippen molar-refractivity contribution < 1.29 is 31.8 Å². The number of carbonyl (C=O) groups is 1. The second-order valence-electron chi connectivity index (χ2n) is 7.95. The van der Waals surface area contributed by atoms with Crippen LogP contribution in [0.4, 0.5) is 35.4 Å². The molecular formula is C21H24F4N6O3. The molecule has 2 fully saturated rings. The van der Waals surface area contributed by atoms with E-state index >= 15 is 0 Å². The van der Waals surface area contributed by atoms with Crippen LogP contribution in [0.1, 0.15) is 12.8 Å². The summed E-state index contributed by atoms with van der Waals surface area (Å²) in [5, 5.41) is 0. The first kappa shape index (κ1) is 23.9. The molecule has 1 amide bonds. The molecule has 184 valence electrons. The fourth-order valence-electron chi connectivity index (χ4n) is 3.70. The summed E-state index contributed by atoms with van der Waals surface area (Å²) in [6.45, 7) is 2.75. The number of alkyl halides is 3. The van der Waals surface area contributed by atoms with Gasteiger partial charge in [0.2, 0.25) is 17.8 Å². The van der Waals surface area contributed by atoms with E-state index in [9.17, 15) is 22.4 Å². The molecule has 3 heterocycles. The van der Waals surface area contributed by atoms with Crippen LogP contribution in [0, 0.1) is 5.82 Å². The highest BCUT2D eigenvalue weighted by molar-refractivity contribution is 5.95. The standard InChI is InChI=1S/C21H24F4N6O3/c1-29(17(32)21(23,24)25)18-26-19(28-20(27-18)31-10-12-33-13-11-31)30-8-6-16(7-9-30)34-15-4-2-14(22)3-5-15/h2-5,16H,6-13H2,1H3. The third kappa shape index (κ3) is 5.64. The van der Waals surface area contributed by atoms with Crippen molar-refractivity contribution in [3.8, 4) is 5.75 Å². The van der Waals surface area contributed by atoms with Crippen molar-refractivity contribution in [2.24, 2.45) is 0 Å². The SMILES string of the molecule is CN(C(=O)C(F)(F)F)c1nc(N2CCOCC2)nc(N2CCC(Oc3ccc(F)cc3)CC2)n1. The molecule has 0 saturated carbocycles. The summed E-state index contributed by atoms with van der Waals surface area (Å²) >= 11 is 0. The van der Waals surface area contributed by atoms with Gasteiger partial charge in [-0.3, -0.25) is 9.69 Å². The van der Waals surface area contributed by atoms with Crippen LogP contribution in [0.25, 0.3) is 0 Å². The van der Waals surface area contributed by atoms with Crippen molar-refractivity contribution >= 4 is 23.8 Å². The molecule has 4 rings (SSSR count). The fourth-order valence-corrected chi connectivity index (χ4v) is 3.70. The van der Waals surface area contributed by atoms with Crippen molar-refractivity contribution in [1.29, 1.82) is 0 Å². The average molecular weight is 484 g/mol. The van der Waals surface area contributed by atoms with Gasteiger partial charge < -0.3 is 19.3 Å². The molecule has 13 heteroatoms. The molecule has 0 spiro atoms. The second kappa shape index (κ2) is 9.95. The normalized spacial score (nSPS) is 17.6. The monoisotopic (exact) mass is 484 g/mol. The lowest BCUT2D eigenvalue weighted by atomic mass is 10.1. The molecule has 0 atom stereocenters. The van der Waals surface area contributed by atoms with Gasteiger partial charge in [-0.05, 0) is 24.3 Å². The van der Waals surface area contributed by atoms with Crippen molar-refractivity contribution in [2.45, 2.75) is 25.1 Å². The van der Waals surface area contributed by atoms with Crippen LogP contribution in [0.15, 0.2) is 24.3 Å². The number of carbonyl (C=O) groups excluding carboxylic acids is 1. The molecule has 0 aliphatic carbocycles. The zero-order valence-corrected chi connectivity index (χ0v) is 18.5. The highest BCUT2D eigenvalue weighted by Crippen LogP contribution is 2.26. The summed E-state index contributed by atoms with van der Waals surface area (Å²) in [6, 6.07) is 5.76. The molecule has 9 nitrogen and oxygen atoms in total. The number of hydrogen-bond donors (Lipinski definition) is 0. The van der Waals surface area contributed by atoms with Gasteiger partial charge in [0.05, 0.1) is 13.2 Å². The number of aromatic nitrogens is 3. The summed E-state index contributed by atoms with van der Waals surface area (Å²) in [6.07, 6.45) is -3.97. The molecular weight excluding hydrogens is 460 g/mol. The Labute approximate surface area is 193 Å². The van der Waals surface area contributed by atoms with Crippen molar-refractivity contribution in [3.05, 3.63) is 30.1 Å². The first-order chi connectivity index (χ1) is 16.2. The number of benzene rings is 1. The van der Waals surface area contributed by atoms with E-state index in [4.69, 9.17) is 9.47 Å². The number of ether oxygens (including phenoxy) is 2. The lowest BCUT2D eigenvalue weighted by Crippen LogP contribution is -2.43. The maximum absolute atomic E-state index is 13.1. The molecule has 1 aromatic carbocycles. The summed E-state index contributed by atoms with van der Waals surface area (Å²) in [7, 11) is 0.987. The molecule has 34 heavy (non-hydrogen) atoms. The molecule has 0 unspecified atom stereocenters. The van der Waals surface area contributed by atoms with Crippen LogP contribution in [0.5, 0.6) is 5.75 Å². The number of nitrogens with zero attached hydrogens (tertiary/aromatic N) is 6. The molecule has 0 radical (unpaired) electrons. The Kier molecular flexibility index (Phi) is 7.00. The quantitative estimate of drug-likeness (QED) is 0.599. The topological polar surface area (TPSA) is 83.9 Å². The van der Waals surface area contributed by atoms with Gasteiger partial charge in [0.25, 0.3) is 0 Å². The van der Waals surface area contributed by atoms with Crippen molar-refractivity contribution in [3.63, 3.8) is 0 Å². The summed E-state index contributed by atoms with van der Waals surface area (Å²) in [5.41, 5.74) is 0. The number of morpholine rings is 1. The number of hydrogen-bond acceptors (Lipinski definition) is 8. The summed E-state index contributed by atoms with van der Waals surface area (Å²) < 4.78 is 63.3. The van der Waals surface area contributed by atoms with E-state index in [0.717, 1.165) is 7.05 Å². The first-order valence-electron chi connectivity index (χ1n) is 10.8. The Balaban J connectivity index is 1.52. The van der Waals surface area contributed by atoms with Crippen LogP contribution < -0.4 is 19.4 Å². The smallest absolute Gasteiger partial charge is 0.471 e. The summed E-state index contributed by atoms with van der Waals surface area (Å²) in [5.74, 6) is -1.85. The Morgan fingerprint density at radius 3 is 2.12 bits per heavy atom. The van der Waals surface area contributed by atoms with Crippen LogP contribution in [0.2, 0.25) is 0 Å². The molecule has 0 bridgehead atoms. The Morgan fingerprint density at radius 1 is 1.00 bits per heavy atom. The number of halogens is 4. The largest absolute Gasteiger partial charge is 0.490 e. The maximum atomic E-state index is 13.1. The Hall–Kier alpha value is -3.22. The van der Waals surface area contributed by atoms with Gasteiger partial charge in [-0.15, -0.1) is 0 Å². The Morgan fingerprint density at radius 2 is 1.56 bits per heavy atom. The molecule has 2 aromatic rings. The molecule has 2 aliphatic heterocycles. The van der Waals surface area contributed by atoms with Gasteiger partial charge in [-0.2, -0.15) is 28.1 Å². The predicted molar refractivity (Wildman–Crippen MR) is 115 cm³/mol. The van der Waals surface area contributed by atoms with Gasteiger partial charge in [0.1, 0.15) is 17.7 Å². The molecule has 2 aliphatic rings. The second-order valence-corrected chi connectivity index (χ2v) is 7.95. The van der Waals surface area contributed by atoms with Crippen LogP contribution in [0.3, 0.4) is 0 Å². The number of piperidine rings is 1. The zero-order valence-electron chi connectivity index (χ0n) is 18.5. The first-order valence-corrected chi connectivity index (χ1v) is 10.8. The fraction of sp³-hybridized carbons (Fsp3) is 0.524. The lowest BCUT2D eigenvalue weighted by molar-refractivity contribution is -0.170. The maximum Gasteiger partial charge on any atom is 0.471 e. The van der Waals surface area contributed by atoms with E-state index in [2.05, 4.69) is 15.0 Å². The zero-order chi connectivity index (χ0) is 24.3. The van der Waals surface area contributed by atoms with E-state index in [-0.39, 0.29) is 29.8 Å². The lowest BCUT2D eigenvalue weighted by Gasteiger charge is -2.33. The predicted octanol–water partition coefficient (Wildman–Crippen LogP) is 2.42. The number of anilines is 3. The summed E-state index contributed by atoms with van der Waals surface area (Å²) in [4.78, 5) is 28.6. The minimum absolute atomic E-state index is 0.115. The third-order valence-corrected chi connectivity index (χ3v) is 5.58. The highest BCUT2D eigenvalue weighted by atomic mass is 19.4. The van der Waals surface area contributed by atoms with Gasteiger partial charge >= 0.3 is 12.1 Å². The minimum Gasteiger partial charge on any atom is -0.490 e. The van der Waals surface area contributed by atoms with Crippen molar-refractivity contribution in [2.75, 3.05) is 61.1 Å². The molecule has 2 saturated heterocycles. The van der Waals surface area contributed by atoms with Gasteiger partial charge in [-0.25, -0.2) is 4.39 Å². The molecule has 1 aromatic heterocycles. The van der Waals surface area contributed by atoms with Gasteiger partial charge in [0, 0.05) is 46.1 Å². The minimum atomic E-state index is -5.06. The van der Waals surface area contributed by atoms with E-state index in [0.29, 0.717) is 62.9 Å². The van der Waals surface area contributed by atoms with Gasteiger partial charge in [0.15, 0.2) is 0 Å². The van der Waals surface area contributed by atoms with Crippen LogP contribution >= 0.6 is 0 Å². The Bertz CT molecular complexity index is 993. The van der Waals surface area contributed by atoms with E-state index in [1.807, 2.05) is 4.90 Å². The molecule has 0 N–H and O–H groups in total. The van der Waals surface area contributed by atoms with Crippen LogP contribution in [-0.2, 0) is 9.53 Å². The third-order valence-electron chi connectivity index (χ3n) is 5.58. The van der Waals surface area contributed by atoms with E-state index < -0.39 is 12.1 Å². The number of amides is 1. The van der Waals surface area contributed by atoms with Crippen molar-refractivity contribution in [1.82, 2.24) is 15.0 Å². The van der Waals surface area contributed by atoms with E-state index in [1.54, 1.807) is 17.0 Å². The average Bonchev–Trinajstić information content (AvgIpc) is 2.84. The highest BCUT2D eigenvalue weighted by Gasteiger charge is 2.43. The van der Waals surface area contributed by atoms with Crippen LogP contribution in [-0.4, -0.2) is 79.6 Å². The number of rotatable bonds is 5. The van der Waals surface area contributed by atoms with E-state index in [1.165, 1.54) is 12.1 Å². The van der Waals surface area contributed by atoms with Gasteiger partial charge in [-0.1, -0.05) is 0 Å².